The topological polar surface area (TPSA) is 36.4 Å². The van der Waals surface area contributed by atoms with Crippen LogP contribution in [0.3, 0.4) is 0 Å². The Morgan fingerprint density at radius 3 is 2.85 bits per heavy atom. The molecule has 0 radical (unpaired) electrons. The van der Waals surface area contributed by atoms with Gasteiger partial charge in [-0.15, -0.1) is 0 Å². The molecule has 1 atom stereocenters. The van der Waals surface area contributed by atoms with Gasteiger partial charge in [0, 0.05) is 36.6 Å². The molecule has 6 heteroatoms. The minimum absolute atomic E-state index is 0.0434. The number of pyridine rings is 1. The van der Waals surface area contributed by atoms with E-state index >= 15 is 0 Å². The van der Waals surface area contributed by atoms with E-state index in [4.69, 9.17) is 4.98 Å². The molecule has 26 heavy (non-hydrogen) atoms. The Morgan fingerprint density at radius 2 is 2.04 bits per heavy atom. The number of aromatic nitrogens is 1. The van der Waals surface area contributed by atoms with Crippen molar-refractivity contribution in [1.82, 2.24) is 9.88 Å². The van der Waals surface area contributed by atoms with Crippen LogP contribution in [-0.2, 0) is 12.0 Å². The van der Waals surface area contributed by atoms with Crippen LogP contribution in [-0.4, -0.2) is 35.4 Å². The predicted molar refractivity (Wildman–Crippen MR) is 106 cm³/mol. The van der Waals surface area contributed by atoms with Crippen LogP contribution in [0.2, 0.25) is 0 Å². The van der Waals surface area contributed by atoms with E-state index in [1.165, 1.54) is 5.56 Å². The molecular weight excluding hydrogens is 362 g/mol. The van der Waals surface area contributed by atoms with Crippen LogP contribution in [0.15, 0.2) is 52.0 Å². The quantitative estimate of drug-likeness (QED) is 0.688. The first-order chi connectivity index (χ1) is 12.8. The van der Waals surface area contributed by atoms with Crippen LogP contribution in [0.4, 0.5) is 5.69 Å². The van der Waals surface area contributed by atoms with Crippen molar-refractivity contribution in [2.45, 2.75) is 18.4 Å². The van der Waals surface area contributed by atoms with Crippen molar-refractivity contribution in [3.8, 4) is 0 Å². The van der Waals surface area contributed by atoms with E-state index in [0.29, 0.717) is 0 Å². The van der Waals surface area contributed by atoms with E-state index in [1.807, 2.05) is 40.1 Å². The van der Waals surface area contributed by atoms with Crippen LogP contribution >= 0.6 is 22.7 Å². The average molecular weight is 382 g/mol. The summed E-state index contributed by atoms with van der Waals surface area (Å²) in [7, 11) is 0. The van der Waals surface area contributed by atoms with Gasteiger partial charge in [0.2, 0.25) is 0 Å². The van der Waals surface area contributed by atoms with Crippen LogP contribution in [0.25, 0.3) is 0 Å². The van der Waals surface area contributed by atoms with Crippen molar-refractivity contribution in [3.63, 3.8) is 0 Å². The first-order valence-corrected chi connectivity index (χ1v) is 10.7. The fourth-order valence-corrected chi connectivity index (χ4v) is 5.56. The molecule has 2 aliphatic heterocycles. The number of carbonyl (C=O) groups is 1. The molecule has 3 aromatic heterocycles. The van der Waals surface area contributed by atoms with E-state index in [-0.39, 0.29) is 11.3 Å². The minimum Gasteiger partial charge on any atom is -0.305 e. The molecule has 5 heterocycles. The molecule has 5 rings (SSSR count). The van der Waals surface area contributed by atoms with Gasteiger partial charge in [-0.2, -0.15) is 22.7 Å². The van der Waals surface area contributed by atoms with E-state index < -0.39 is 0 Å². The number of fused-ring (bicyclic) bond motifs is 2. The third kappa shape index (κ3) is 2.60. The Balaban J connectivity index is 1.44. The normalized spacial score (nSPS) is 22.2. The van der Waals surface area contributed by atoms with Gasteiger partial charge in [-0.3, -0.25) is 14.7 Å². The van der Waals surface area contributed by atoms with Crippen LogP contribution < -0.4 is 4.90 Å². The molecule has 0 N–H and O–H groups in total. The highest BCUT2D eigenvalue weighted by atomic mass is 32.1. The number of hydrogen-bond donors (Lipinski definition) is 0. The summed E-state index contributed by atoms with van der Waals surface area (Å²) in [5, 5.41) is 8.25. The molecule has 0 aromatic carbocycles. The summed E-state index contributed by atoms with van der Waals surface area (Å²) in [6.07, 6.45) is 2.91. The zero-order valence-corrected chi connectivity index (χ0v) is 15.9. The average Bonchev–Trinajstić information content (AvgIpc) is 3.44. The molecule has 1 fully saturated rings. The fourth-order valence-electron chi connectivity index (χ4n) is 4.27. The predicted octanol–water partition coefficient (Wildman–Crippen LogP) is 4.01. The van der Waals surface area contributed by atoms with Crippen LogP contribution in [0.1, 0.15) is 28.0 Å². The molecule has 3 aromatic rings. The lowest BCUT2D eigenvalue weighted by molar-refractivity contribution is 0.0985. The van der Waals surface area contributed by atoms with Crippen molar-refractivity contribution >= 4 is 34.3 Å². The molecule has 1 amide bonds. The van der Waals surface area contributed by atoms with E-state index in [9.17, 15) is 4.79 Å². The Labute approximate surface area is 160 Å². The number of thiophene rings is 2. The van der Waals surface area contributed by atoms with Gasteiger partial charge < -0.3 is 4.90 Å². The van der Waals surface area contributed by atoms with Gasteiger partial charge >= 0.3 is 0 Å². The lowest BCUT2D eigenvalue weighted by Gasteiger charge is -2.25. The van der Waals surface area contributed by atoms with Gasteiger partial charge in [0.25, 0.3) is 5.91 Å². The van der Waals surface area contributed by atoms with Gasteiger partial charge in [-0.1, -0.05) is 0 Å². The number of rotatable bonds is 3. The maximum atomic E-state index is 13.0. The second kappa shape index (κ2) is 6.30. The van der Waals surface area contributed by atoms with Gasteiger partial charge in [0.1, 0.15) is 0 Å². The first-order valence-electron chi connectivity index (χ1n) is 8.78. The SMILES string of the molecule is O=C(c1ccsc1)N1CC2(CCN(Cc3ccsc3)C2)c2ncccc21. The van der Waals surface area contributed by atoms with E-state index in [1.54, 1.807) is 22.7 Å². The molecule has 1 unspecified atom stereocenters. The number of anilines is 1. The van der Waals surface area contributed by atoms with Crippen molar-refractivity contribution in [2.75, 3.05) is 24.5 Å². The third-order valence-electron chi connectivity index (χ3n) is 5.47. The molecule has 1 spiro atoms. The lowest BCUT2D eigenvalue weighted by atomic mass is 9.85. The van der Waals surface area contributed by atoms with Gasteiger partial charge in [0.05, 0.1) is 16.9 Å². The number of hydrogen-bond acceptors (Lipinski definition) is 5. The summed E-state index contributed by atoms with van der Waals surface area (Å²) in [5.74, 6) is 0.0914. The summed E-state index contributed by atoms with van der Waals surface area (Å²) in [6.45, 7) is 3.71. The summed E-state index contributed by atoms with van der Waals surface area (Å²) < 4.78 is 0. The maximum absolute atomic E-state index is 13.0. The summed E-state index contributed by atoms with van der Waals surface area (Å²) in [4.78, 5) is 22.2. The monoisotopic (exact) mass is 381 g/mol. The number of amides is 1. The highest BCUT2D eigenvalue weighted by molar-refractivity contribution is 7.08. The highest BCUT2D eigenvalue weighted by Crippen LogP contribution is 2.45. The van der Waals surface area contributed by atoms with Gasteiger partial charge in [-0.05, 0) is 58.9 Å². The molecule has 0 saturated carbocycles. The molecule has 1 saturated heterocycles. The Morgan fingerprint density at radius 1 is 1.15 bits per heavy atom. The molecule has 4 nitrogen and oxygen atoms in total. The standard InChI is InChI=1S/C20H19N3OS2/c24-19(16-4-9-26-12-16)23-14-20(18-17(23)2-1-6-21-18)5-7-22(13-20)10-15-3-8-25-11-15/h1-4,6,8-9,11-12H,5,7,10,13-14H2. The largest absolute Gasteiger partial charge is 0.305 e. The number of likely N-dealkylation sites (tertiary alicyclic amines) is 1. The Kier molecular flexibility index (Phi) is 3.92. The zero-order valence-electron chi connectivity index (χ0n) is 14.3. The smallest absolute Gasteiger partial charge is 0.259 e. The zero-order chi connectivity index (χ0) is 17.6. The second-order valence-corrected chi connectivity index (χ2v) is 8.71. The molecule has 2 aliphatic rings. The highest BCUT2D eigenvalue weighted by Gasteiger charge is 2.49. The van der Waals surface area contributed by atoms with Crippen LogP contribution in [0, 0.1) is 0 Å². The van der Waals surface area contributed by atoms with Gasteiger partial charge in [0.15, 0.2) is 0 Å². The maximum Gasteiger partial charge on any atom is 0.259 e. The molecule has 132 valence electrons. The van der Waals surface area contributed by atoms with Crippen LogP contribution in [0.5, 0.6) is 0 Å². The Bertz CT molecular complexity index is 922. The number of nitrogens with zero attached hydrogens (tertiary/aromatic N) is 3. The van der Waals surface area contributed by atoms with E-state index in [2.05, 4.69) is 21.7 Å². The minimum atomic E-state index is -0.0434. The Hall–Kier alpha value is -2.02. The van der Waals surface area contributed by atoms with Crippen molar-refractivity contribution < 1.29 is 4.79 Å². The third-order valence-corrected chi connectivity index (χ3v) is 6.89. The lowest BCUT2D eigenvalue weighted by Crippen LogP contribution is -2.39. The van der Waals surface area contributed by atoms with Crippen molar-refractivity contribution in [2.24, 2.45) is 0 Å². The van der Waals surface area contributed by atoms with E-state index in [0.717, 1.165) is 49.5 Å². The summed E-state index contributed by atoms with van der Waals surface area (Å²) >= 11 is 3.31. The summed E-state index contributed by atoms with van der Waals surface area (Å²) in [5.41, 5.74) is 4.18. The van der Waals surface area contributed by atoms with Gasteiger partial charge in [-0.25, -0.2) is 0 Å². The number of carbonyl (C=O) groups excluding carboxylic acids is 1. The summed E-state index contributed by atoms with van der Waals surface area (Å²) in [6, 6.07) is 8.08. The first kappa shape index (κ1) is 16.2. The van der Waals surface area contributed by atoms with Crippen molar-refractivity contribution in [1.29, 1.82) is 0 Å². The molecular formula is C20H19N3OS2. The second-order valence-electron chi connectivity index (χ2n) is 7.15. The van der Waals surface area contributed by atoms with Crippen molar-refractivity contribution in [3.05, 3.63) is 68.8 Å². The fraction of sp³-hybridized carbons (Fsp3) is 0.300. The molecule has 0 aliphatic carbocycles. The molecule has 0 bridgehead atoms.